The Hall–Kier alpha value is -2.81. The summed E-state index contributed by atoms with van der Waals surface area (Å²) in [5.41, 5.74) is 0.987. The molecule has 0 aliphatic rings. The summed E-state index contributed by atoms with van der Waals surface area (Å²) >= 11 is 0.990. The van der Waals surface area contributed by atoms with Gasteiger partial charge in [-0.3, -0.25) is 14.9 Å². The van der Waals surface area contributed by atoms with Crippen LogP contribution < -0.4 is 5.32 Å². The van der Waals surface area contributed by atoms with E-state index in [0.717, 1.165) is 11.3 Å². The van der Waals surface area contributed by atoms with E-state index in [9.17, 15) is 19.7 Å². The van der Waals surface area contributed by atoms with Gasteiger partial charge in [-0.1, -0.05) is 0 Å². The number of rotatable bonds is 5. The first kappa shape index (κ1) is 17.5. The predicted molar refractivity (Wildman–Crippen MR) is 87.5 cm³/mol. The number of aryl methyl sites for hydroxylation is 2. The summed E-state index contributed by atoms with van der Waals surface area (Å²) in [4.78, 5) is 38.0. The minimum absolute atomic E-state index is 0.122. The van der Waals surface area contributed by atoms with Gasteiger partial charge in [0, 0.05) is 17.7 Å². The molecule has 9 heteroatoms. The zero-order valence-corrected chi connectivity index (χ0v) is 14.0. The van der Waals surface area contributed by atoms with Crippen molar-refractivity contribution in [1.82, 2.24) is 10.3 Å². The third kappa shape index (κ3) is 3.74. The smallest absolute Gasteiger partial charge is 0.347 e. The molecule has 1 aromatic heterocycles. The molecule has 8 nitrogen and oxygen atoms in total. The van der Waals surface area contributed by atoms with Gasteiger partial charge in [0.1, 0.15) is 9.88 Å². The highest BCUT2D eigenvalue weighted by molar-refractivity contribution is 7.13. The Morgan fingerprint density at radius 1 is 1.33 bits per heavy atom. The lowest BCUT2D eigenvalue weighted by molar-refractivity contribution is -0.384. The molecule has 0 bridgehead atoms. The maximum atomic E-state index is 12.3. The van der Waals surface area contributed by atoms with Crippen molar-refractivity contribution in [3.63, 3.8) is 0 Å². The number of carboxylic acid groups (broad SMARTS) is 1. The summed E-state index contributed by atoms with van der Waals surface area (Å²) in [5.74, 6) is -1.55. The molecule has 0 fully saturated rings. The van der Waals surface area contributed by atoms with Gasteiger partial charge in [0.05, 0.1) is 16.7 Å². The Bertz CT molecular complexity index is 831. The summed E-state index contributed by atoms with van der Waals surface area (Å²) in [7, 11) is 0. The molecule has 126 valence electrons. The number of hydrogen-bond acceptors (Lipinski definition) is 6. The number of carboxylic acids is 1. The van der Waals surface area contributed by atoms with E-state index in [0.29, 0.717) is 16.3 Å². The zero-order valence-electron chi connectivity index (χ0n) is 13.2. The first-order valence-electron chi connectivity index (χ1n) is 6.96. The number of benzene rings is 1. The predicted octanol–water partition coefficient (Wildman–Crippen LogP) is 2.86. The lowest BCUT2D eigenvalue weighted by atomic mass is 10.1. The number of non-ortho nitro benzene ring substituents is 1. The van der Waals surface area contributed by atoms with Crippen molar-refractivity contribution < 1.29 is 19.6 Å². The number of nitro benzene ring substituents is 1. The Morgan fingerprint density at radius 3 is 2.54 bits per heavy atom. The second kappa shape index (κ2) is 6.75. The standard InChI is InChI=1S/C15H15N3O5S/c1-7-4-10(6-11(5-7)18(22)23)13(19)16-9(3)14-17-8(2)12(24-14)15(20)21/h4-6,9H,1-3H3,(H,16,19)(H,20,21). The third-order valence-electron chi connectivity index (χ3n) is 3.26. The number of carbonyl (C=O) groups is 2. The highest BCUT2D eigenvalue weighted by Gasteiger charge is 2.20. The number of nitro groups is 1. The molecule has 2 rings (SSSR count). The Kier molecular flexibility index (Phi) is 4.93. The third-order valence-corrected chi connectivity index (χ3v) is 4.59. The quantitative estimate of drug-likeness (QED) is 0.632. The van der Waals surface area contributed by atoms with Crippen LogP contribution in [0.2, 0.25) is 0 Å². The molecule has 0 spiro atoms. The summed E-state index contributed by atoms with van der Waals surface area (Å²) in [5, 5.41) is 23.1. The number of aromatic carboxylic acids is 1. The second-order valence-corrected chi connectivity index (χ2v) is 6.31. The van der Waals surface area contributed by atoms with E-state index in [4.69, 9.17) is 5.11 Å². The molecule has 2 N–H and O–H groups in total. The molecule has 0 saturated heterocycles. The zero-order chi connectivity index (χ0) is 18.0. The maximum Gasteiger partial charge on any atom is 0.347 e. The SMILES string of the molecule is Cc1cc(C(=O)NC(C)c2nc(C)c(C(=O)O)s2)cc([N+](=O)[O-])c1. The van der Waals surface area contributed by atoms with Crippen LogP contribution in [0, 0.1) is 24.0 Å². The van der Waals surface area contributed by atoms with Crippen LogP contribution in [0.1, 0.15) is 49.3 Å². The van der Waals surface area contributed by atoms with Crippen molar-refractivity contribution in [3.8, 4) is 0 Å². The maximum absolute atomic E-state index is 12.3. The molecule has 1 unspecified atom stereocenters. The number of thiazole rings is 1. The number of hydrogen-bond donors (Lipinski definition) is 2. The number of aromatic nitrogens is 1. The van der Waals surface area contributed by atoms with Crippen LogP contribution in [0.4, 0.5) is 5.69 Å². The monoisotopic (exact) mass is 349 g/mol. The van der Waals surface area contributed by atoms with Crippen LogP contribution in [0.3, 0.4) is 0 Å². The molecular formula is C15H15N3O5S. The lowest BCUT2D eigenvalue weighted by Gasteiger charge is -2.11. The van der Waals surface area contributed by atoms with Gasteiger partial charge >= 0.3 is 5.97 Å². The largest absolute Gasteiger partial charge is 0.477 e. The topological polar surface area (TPSA) is 122 Å². The summed E-state index contributed by atoms with van der Waals surface area (Å²) in [6.45, 7) is 4.92. The van der Waals surface area contributed by atoms with Crippen LogP contribution >= 0.6 is 11.3 Å². The fraction of sp³-hybridized carbons (Fsp3) is 0.267. The fourth-order valence-electron chi connectivity index (χ4n) is 2.14. The molecule has 0 aliphatic carbocycles. The molecule has 1 aromatic carbocycles. The van der Waals surface area contributed by atoms with Gasteiger partial charge in [-0.15, -0.1) is 11.3 Å². The van der Waals surface area contributed by atoms with Gasteiger partial charge in [-0.2, -0.15) is 0 Å². The van der Waals surface area contributed by atoms with E-state index < -0.39 is 22.8 Å². The molecule has 2 aromatic rings. The highest BCUT2D eigenvalue weighted by atomic mass is 32.1. The molecule has 24 heavy (non-hydrogen) atoms. The van der Waals surface area contributed by atoms with E-state index in [2.05, 4.69) is 10.3 Å². The molecule has 1 atom stereocenters. The lowest BCUT2D eigenvalue weighted by Crippen LogP contribution is -2.26. The Morgan fingerprint density at radius 2 is 2.00 bits per heavy atom. The minimum Gasteiger partial charge on any atom is -0.477 e. The van der Waals surface area contributed by atoms with Crippen molar-refractivity contribution >= 4 is 28.9 Å². The van der Waals surface area contributed by atoms with Crippen LogP contribution in [-0.2, 0) is 0 Å². The molecule has 1 amide bonds. The van der Waals surface area contributed by atoms with E-state index in [-0.39, 0.29) is 16.1 Å². The van der Waals surface area contributed by atoms with Gasteiger partial charge in [0.15, 0.2) is 0 Å². The summed E-state index contributed by atoms with van der Waals surface area (Å²) in [6, 6.07) is 3.60. The number of amides is 1. The van der Waals surface area contributed by atoms with Gasteiger partial charge in [0.2, 0.25) is 0 Å². The summed E-state index contributed by atoms with van der Waals surface area (Å²) in [6.07, 6.45) is 0. The summed E-state index contributed by atoms with van der Waals surface area (Å²) < 4.78 is 0. The van der Waals surface area contributed by atoms with Crippen LogP contribution in [-0.4, -0.2) is 26.9 Å². The van der Waals surface area contributed by atoms with Crippen molar-refractivity contribution in [2.24, 2.45) is 0 Å². The minimum atomic E-state index is -1.07. The molecule has 0 aliphatic heterocycles. The van der Waals surface area contributed by atoms with E-state index in [1.54, 1.807) is 26.8 Å². The molecule has 0 radical (unpaired) electrons. The first-order chi connectivity index (χ1) is 11.2. The van der Waals surface area contributed by atoms with Crippen molar-refractivity contribution in [2.75, 3.05) is 0 Å². The molecule has 0 saturated carbocycles. The Balaban J connectivity index is 2.21. The average molecular weight is 349 g/mol. The van der Waals surface area contributed by atoms with E-state index >= 15 is 0 Å². The van der Waals surface area contributed by atoms with E-state index in [1.165, 1.54) is 12.1 Å². The average Bonchev–Trinajstić information content (AvgIpc) is 2.88. The van der Waals surface area contributed by atoms with Crippen LogP contribution in [0.25, 0.3) is 0 Å². The van der Waals surface area contributed by atoms with Crippen LogP contribution in [0.5, 0.6) is 0 Å². The number of nitrogens with zero attached hydrogens (tertiary/aromatic N) is 2. The van der Waals surface area contributed by atoms with Crippen molar-refractivity contribution in [3.05, 3.63) is 55.0 Å². The van der Waals surface area contributed by atoms with Gasteiger partial charge in [-0.05, 0) is 32.4 Å². The number of nitrogens with one attached hydrogen (secondary N) is 1. The van der Waals surface area contributed by atoms with Gasteiger partial charge < -0.3 is 10.4 Å². The van der Waals surface area contributed by atoms with Gasteiger partial charge in [-0.25, -0.2) is 9.78 Å². The van der Waals surface area contributed by atoms with Crippen molar-refractivity contribution in [2.45, 2.75) is 26.8 Å². The van der Waals surface area contributed by atoms with E-state index in [1.807, 2.05) is 0 Å². The second-order valence-electron chi connectivity index (χ2n) is 5.28. The number of carbonyl (C=O) groups excluding carboxylic acids is 1. The van der Waals surface area contributed by atoms with Crippen LogP contribution in [0.15, 0.2) is 18.2 Å². The fourth-order valence-corrected chi connectivity index (χ4v) is 3.05. The van der Waals surface area contributed by atoms with Crippen molar-refractivity contribution in [1.29, 1.82) is 0 Å². The van der Waals surface area contributed by atoms with Gasteiger partial charge in [0.25, 0.3) is 11.6 Å². The first-order valence-corrected chi connectivity index (χ1v) is 7.78. The molecule has 1 heterocycles. The highest BCUT2D eigenvalue weighted by Crippen LogP contribution is 2.24. The molecular weight excluding hydrogens is 334 g/mol. The normalized spacial score (nSPS) is 11.8. The Labute approximate surface area is 141 Å².